The van der Waals surface area contributed by atoms with E-state index < -0.39 is 0 Å². The molecule has 3 heterocycles. The average molecular weight is 415 g/mol. The van der Waals surface area contributed by atoms with Crippen molar-refractivity contribution in [2.75, 3.05) is 43.4 Å². The molecule has 1 amide bonds. The Morgan fingerprint density at radius 3 is 2.62 bits per heavy atom. The Kier molecular flexibility index (Phi) is 6.45. The van der Waals surface area contributed by atoms with Gasteiger partial charge in [0.2, 0.25) is 5.91 Å². The quantitative estimate of drug-likeness (QED) is 0.680. The summed E-state index contributed by atoms with van der Waals surface area (Å²) >= 11 is 1.56. The largest absolute Gasteiger partial charge is 0.376 e. The van der Waals surface area contributed by atoms with Gasteiger partial charge >= 0.3 is 0 Å². The molecule has 4 rings (SSSR count). The van der Waals surface area contributed by atoms with Crippen LogP contribution in [0.1, 0.15) is 24.2 Å². The van der Waals surface area contributed by atoms with Gasteiger partial charge in [-0.15, -0.1) is 0 Å². The minimum Gasteiger partial charge on any atom is -0.376 e. The Morgan fingerprint density at radius 1 is 1.17 bits per heavy atom. The molecular weight excluding hydrogens is 384 g/mol. The first-order valence-corrected chi connectivity index (χ1v) is 11.5. The van der Waals surface area contributed by atoms with E-state index >= 15 is 0 Å². The van der Waals surface area contributed by atoms with Gasteiger partial charge < -0.3 is 19.1 Å². The van der Waals surface area contributed by atoms with E-state index in [0.717, 1.165) is 63.0 Å². The molecule has 1 aromatic carbocycles. The van der Waals surface area contributed by atoms with E-state index in [1.165, 1.54) is 11.4 Å². The van der Waals surface area contributed by atoms with E-state index in [4.69, 9.17) is 9.72 Å². The van der Waals surface area contributed by atoms with Gasteiger partial charge in [-0.05, 0) is 38.8 Å². The lowest BCUT2D eigenvalue weighted by molar-refractivity contribution is -0.128. The highest BCUT2D eigenvalue weighted by Gasteiger charge is 2.24. The van der Waals surface area contributed by atoms with Gasteiger partial charge in [-0.25, -0.2) is 4.98 Å². The molecule has 0 bridgehead atoms. The number of imidazole rings is 1. The summed E-state index contributed by atoms with van der Waals surface area (Å²) in [4.78, 5) is 21.8. The van der Waals surface area contributed by atoms with E-state index in [-0.39, 0.29) is 12.0 Å². The number of thioether (sulfide) groups is 1. The van der Waals surface area contributed by atoms with Crippen LogP contribution in [-0.2, 0) is 16.1 Å². The van der Waals surface area contributed by atoms with Crippen molar-refractivity contribution >= 4 is 23.4 Å². The molecule has 6 nitrogen and oxygen atoms in total. The van der Waals surface area contributed by atoms with Crippen LogP contribution >= 0.6 is 11.8 Å². The molecule has 156 valence electrons. The first kappa shape index (κ1) is 20.3. The summed E-state index contributed by atoms with van der Waals surface area (Å²) in [5.74, 6) is 0.636. The average Bonchev–Trinajstić information content (AvgIpc) is 3.37. The number of piperazine rings is 1. The zero-order valence-corrected chi connectivity index (χ0v) is 18.2. The number of hydrogen-bond acceptors (Lipinski definition) is 5. The van der Waals surface area contributed by atoms with Crippen LogP contribution in [0.2, 0.25) is 0 Å². The third kappa shape index (κ3) is 4.78. The molecule has 7 heteroatoms. The Bertz CT molecular complexity index is 825. The second-order valence-electron chi connectivity index (χ2n) is 7.80. The number of carbonyl (C=O) groups is 1. The molecule has 1 unspecified atom stereocenters. The summed E-state index contributed by atoms with van der Waals surface area (Å²) in [5, 5.41) is 0.937. The van der Waals surface area contributed by atoms with E-state index in [1.54, 1.807) is 11.8 Å². The van der Waals surface area contributed by atoms with E-state index in [2.05, 4.69) is 40.7 Å². The second-order valence-corrected chi connectivity index (χ2v) is 8.75. The summed E-state index contributed by atoms with van der Waals surface area (Å²) < 4.78 is 8.04. The summed E-state index contributed by atoms with van der Waals surface area (Å²) in [5.41, 5.74) is 3.44. The normalized spacial score (nSPS) is 19.7. The highest BCUT2D eigenvalue weighted by molar-refractivity contribution is 7.99. The SMILES string of the molecule is Cc1nc(SCC(=O)N2CCN(c3ccccc3)CC2)n(CC2CCCO2)c1C. The van der Waals surface area contributed by atoms with Gasteiger partial charge in [0.25, 0.3) is 0 Å². The summed E-state index contributed by atoms with van der Waals surface area (Å²) in [6.45, 7) is 9.14. The molecule has 0 aliphatic carbocycles. The standard InChI is InChI=1S/C22H30N4O2S/c1-17-18(2)26(15-20-9-6-14-28-20)22(23-17)29-16-21(27)25-12-10-24(11-13-25)19-7-4-3-5-8-19/h3-5,7-8,20H,6,9-16H2,1-2H3. The minimum absolute atomic E-state index is 0.199. The van der Waals surface area contributed by atoms with Crippen LogP contribution in [0, 0.1) is 13.8 Å². The van der Waals surface area contributed by atoms with Gasteiger partial charge in [0, 0.05) is 44.2 Å². The molecule has 2 saturated heterocycles. The number of nitrogens with zero attached hydrogens (tertiary/aromatic N) is 4. The first-order chi connectivity index (χ1) is 14.1. The van der Waals surface area contributed by atoms with Gasteiger partial charge in [-0.2, -0.15) is 0 Å². The molecule has 2 aliphatic rings. The lowest BCUT2D eigenvalue weighted by Crippen LogP contribution is -2.49. The number of rotatable bonds is 6. The molecule has 0 spiro atoms. The van der Waals surface area contributed by atoms with E-state index in [0.29, 0.717) is 5.75 Å². The highest BCUT2D eigenvalue weighted by Crippen LogP contribution is 2.25. The van der Waals surface area contributed by atoms with Gasteiger partial charge in [0.1, 0.15) is 0 Å². The maximum Gasteiger partial charge on any atom is 0.233 e. The third-order valence-electron chi connectivity index (χ3n) is 5.91. The van der Waals surface area contributed by atoms with Crippen LogP contribution in [0.25, 0.3) is 0 Å². The summed E-state index contributed by atoms with van der Waals surface area (Å²) in [6, 6.07) is 10.4. The van der Waals surface area contributed by atoms with E-state index in [9.17, 15) is 4.79 Å². The number of ether oxygens (including phenoxy) is 1. The van der Waals surface area contributed by atoms with Crippen molar-refractivity contribution < 1.29 is 9.53 Å². The fraction of sp³-hybridized carbons (Fsp3) is 0.545. The van der Waals surface area contributed by atoms with Crippen LogP contribution in [0.3, 0.4) is 0 Å². The van der Waals surface area contributed by atoms with Crippen molar-refractivity contribution in [1.29, 1.82) is 0 Å². The number of para-hydroxylation sites is 1. The van der Waals surface area contributed by atoms with Gasteiger partial charge in [0.15, 0.2) is 5.16 Å². The molecule has 0 saturated carbocycles. The number of anilines is 1. The Morgan fingerprint density at radius 2 is 1.93 bits per heavy atom. The van der Waals surface area contributed by atoms with Crippen LogP contribution in [0.5, 0.6) is 0 Å². The summed E-state index contributed by atoms with van der Waals surface area (Å²) in [6.07, 6.45) is 2.50. The van der Waals surface area contributed by atoms with Crippen LogP contribution in [0.4, 0.5) is 5.69 Å². The van der Waals surface area contributed by atoms with Crippen LogP contribution in [-0.4, -0.2) is 65.0 Å². The lowest BCUT2D eigenvalue weighted by Gasteiger charge is -2.36. The number of aromatic nitrogens is 2. The van der Waals surface area contributed by atoms with Gasteiger partial charge in [-0.1, -0.05) is 30.0 Å². The third-order valence-corrected chi connectivity index (χ3v) is 6.87. The fourth-order valence-electron chi connectivity index (χ4n) is 4.01. The Labute approximate surface area is 177 Å². The van der Waals surface area contributed by atoms with E-state index in [1.807, 2.05) is 17.9 Å². The molecule has 0 radical (unpaired) electrons. The summed E-state index contributed by atoms with van der Waals surface area (Å²) in [7, 11) is 0. The van der Waals surface area contributed by atoms with Crippen molar-refractivity contribution in [3.05, 3.63) is 41.7 Å². The molecule has 2 fully saturated rings. The zero-order valence-electron chi connectivity index (χ0n) is 17.3. The maximum atomic E-state index is 12.8. The molecule has 0 N–H and O–H groups in total. The zero-order chi connectivity index (χ0) is 20.2. The van der Waals surface area contributed by atoms with Crippen molar-refractivity contribution in [3.8, 4) is 0 Å². The topological polar surface area (TPSA) is 50.6 Å². The molecule has 2 aliphatic heterocycles. The number of benzene rings is 1. The van der Waals surface area contributed by atoms with Gasteiger partial charge in [-0.3, -0.25) is 4.79 Å². The predicted octanol–water partition coefficient (Wildman–Crippen LogP) is 3.12. The number of aryl methyl sites for hydroxylation is 1. The Balaban J connectivity index is 1.31. The lowest BCUT2D eigenvalue weighted by atomic mass is 10.2. The maximum absolute atomic E-state index is 12.8. The molecule has 1 atom stereocenters. The Hall–Kier alpha value is -1.99. The fourth-order valence-corrected chi connectivity index (χ4v) is 5.02. The molecule has 2 aromatic rings. The van der Waals surface area contributed by atoms with Crippen molar-refractivity contribution in [2.24, 2.45) is 0 Å². The molecule has 29 heavy (non-hydrogen) atoms. The molecular formula is C22H30N4O2S. The first-order valence-electron chi connectivity index (χ1n) is 10.5. The second kappa shape index (κ2) is 9.22. The van der Waals surface area contributed by atoms with Crippen molar-refractivity contribution in [2.45, 2.75) is 44.5 Å². The smallest absolute Gasteiger partial charge is 0.233 e. The van der Waals surface area contributed by atoms with Gasteiger partial charge in [0.05, 0.1) is 24.1 Å². The van der Waals surface area contributed by atoms with Crippen molar-refractivity contribution in [1.82, 2.24) is 14.5 Å². The molecule has 1 aromatic heterocycles. The van der Waals surface area contributed by atoms with Crippen LogP contribution in [0.15, 0.2) is 35.5 Å². The van der Waals surface area contributed by atoms with Crippen molar-refractivity contribution in [3.63, 3.8) is 0 Å². The number of carbonyl (C=O) groups excluding carboxylic acids is 1. The predicted molar refractivity (Wildman–Crippen MR) is 117 cm³/mol. The number of amides is 1. The monoisotopic (exact) mass is 414 g/mol. The van der Waals surface area contributed by atoms with Crippen LogP contribution < -0.4 is 4.90 Å². The highest BCUT2D eigenvalue weighted by atomic mass is 32.2. The minimum atomic E-state index is 0.199. The number of hydrogen-bond donors (Lipinski definition) is 0.